The number of nitrogens with zero attached hydrogens (tertiary/aromatic N) is 1. The normalized spacial score (nSPS) is 36.1. The summed E-state index contributed by atoms with van der Waals surface area (Å²) in [5.41, 5.74) is 5.61. The summed E-state index contributed by atoms with van der Waals surface area (Å²) < 4.78 is 5.43. The molecule has 4 heteroatoms. The lowest BCUT2D eigenvalue weighted by Crippen LogP contribution is -2.35. The number of rotatable bonds is 2. The summed E-state index contributed by atoms with van der Waals surface area (Å²) in [6, 6.07) is 0. The third-order valence-corrected chi connectivity index (χ3v) is 3.48. The Morgan fingerprint density at radius 1 is 1.60 bits per heavy atom. The molecule has 2 rings (SSSR count). The minimum absolute atomic E-state index is 0.0940. The molecule has 2 aliphatic heterocycles. The number of likely N-dealkylation sites (tertiary alicyclic amines) is 1. The van der Waals surface area contributed by atoms with E-state index in [1.807, 2.05) is 11.8 Å². The van der Waals surface area contributed by atoms with Crippen molar-refractivity contribution in [1.29, 1.82) is 0 Å². The number of hydrogen-bond acceptors (Lipinski definition) is 3. The Balaban J connectivity index is 1.86. The molecule has 3 unspecified atom stereocenters. The average molecular weight is 212 g/mol. The van der Waals surface area contributed by atoms with Crippen molar-refractivity contribution in [2.75, 3.05) is 26.2 Å². The van der Waals surface area contributed by atoms with Crippen LogP contribution in [0, 0.1) is 11.8 Å². The van der Waals surface area contributed by atoms with Gasteiger partial charge in [-0.3, -0.25) is 4.79 Å². The molecule has 0 bridgehead atoms. The van der Waals surface area contributed by atoms with Gasteiger partial charge >= 0.3 is 0 Å². The molecule has 2 heterocycles. The Bertz CT molecular complexity index is 245. The first-order valence-electron chi connectivity index (χ1n) is 5.81. The van der Waals surface area contributed by atoms with Gasteiger partial charge in [-0.1, -0.05) is 0 Å². The van der Waals surface area contributed by atoms with Gasteiger partial charge in [0.2, 0.25) is 5.91 Å². The van der Waals surface area contributed by atoms with Gasteiger partial charge in [0.05, 0.1) is 18.6 Å². The van der Waals surface area contributed by atoms with Crippen molar-refractivity contribution < 1.29 is 9.53 Å². The molecule has 0 aromatic heterocycles. The molecule has 15 heavy (non-hydrogen) atoms. The van der Waals surface area contributed by atoms with Gasteiger partial charge < -0.3 is 15.4 Å². The number of hydrogen-bond donors (Lipinski definition) is 1. The van der Waals surface area contributed by atoms with Crippen molar-refractivity contribution in [3.8, 4) is 0 Å². The Labute approximate surface area is 90.8 Å². The zero-order valence-electron chi connectivity index (χ0n) is 9.32. The highest BCUT2D eigenvalue weighted by atomic mass is 16.5. The molecule has 1 amide bonds. The standard InChI is InChI=1S/C11H20N2O2/c1-8-4-10(7-15-8)11(14)13-3-2-9(5-12)6-13/h8-10H,2-7,12H2,1H3. The van der Waals surface area contributed by atoms with Crippen LogP contribution in [0.1, 0.15) is 19.8 Å². The molecule has 2 fully saturated rings. The quantitative estimate of drug-likeness (QED) is 0.712. The summed E-state index contributed by atoms with van der Waals surface area (Å²) in [7, 11) is 0. The van der Waals surface area contributed by atoms with Crippen LogP contribution in [0.5, 0.6) is 0 Å². The fourth-order valence-corrected chi connectivity index (χ4v) is 2.47. The van der Waals surface area contributed by atoms with E-state index in [9.17, 15) is 4.79 Å². The van der Waals surface area contributed by atoms with Gasteiger partial charge in [0, 0.05) is 13.1 Å². The molecule has 86 valence electrons. The fraction of sp³-hybridized carbons (Fsp3) is 0.909. The molecular formula is C11H20N2O2. The number of nitrogens with two attached hydrogens (primary N) is 1. The van der Waals surface area contributed by atoms with Crippen LogP contribution in [0.3, 0.4) is 0 Å². The van der Waals surface area contributed by atoms with Gasteiger partial charge in [-0.15, -0.1) is 0 Å². The predicted octanol–water partition coefficient (Wildman–Crippen LogP) is 0.219. The van der Waals surface area contributed by atoms with Crippen LogP contribution in [0.15, 0.2) is 0 Å². The molecule has 0 saturated carbocycles. The van der Waals surface area contributed by atoms with Crippen LogP contribution in [0.25, 0.3) is 0 Å². The first kappa shape index (κ1) is 10.9. The van der Waals surface area contributed by atoms with Crippen molar-refractivity contribution in [3.05, 3.63) is 0 Å². The molecule has 2 saturated heterocycles. The lowest BCUT2D eigenvalue weighted by molar-refractivity contribution is -0.134. The van der Waals surface area contributed by atoms with Gasteiger partial charge in [-0.2, -0.15) is 0 Å². The number of ether oxygens (including phenoxy) is 1. The van der Waals surface area contributed by atoms with Crippen molar-refractivity contribution in [2.45, 2.75) is 25.9 Å². The highest BCUT2D eigenvalue weighted by molar-refractivity contribution is 5.79. The molecule has 3 atom stereocenters. The first-order valence-corrected chi connectivity index (χ1v) is 5.81. The van der Waals surface area contributed by atoms with Gasteiger partial charge in [0.15, 0.2) is 0 Å². The van der Waals surface area contributed by atoms with E-state index >= 15 is 0 Å². The van der Waals surface area contributed by atoms with E-state index in [2.05, 4.69) is 0 Å². The minimum Gasteiger partial charge on any atom is -0.378 e. The number of carbonyl (C=O) groups is 1. The van der Waals surface area contributed by atoms with E-state index in [0.717, 1.165) is 25.9 Å². The maximum absolute atomic E-state index is 12.1. The highest BCUT2D eigenvalue weighted by Crippen LogP contribution is 2.24. The van der Waals surface area contributed by atoms with Gasteiger partial charge in [-0.25, -0.2) is 0 Å². The molecule has 0 radical (unpaired) electrons. The lowest BCUT2D eigenvalue weighted by Gasteiger charge is -2.19. The second-order valence-corrected chi connectivity index (χ2v) is 4.75. The zero-order valence-corrected chi connectivity index (χ0v) is 9.32. The summed E-state index contributed by atoms with van der Waals surface area (Å²) in [4.78, 5) is 14.0. The van der Waals surface area contributed by atoms with Gasteiger partial charge in [0.25, 0.3) is 0 Å². The third kappa shape index (κ3) is 2.32. The van der Waals surface area contributed by atoms with E-state index in [1.165, 1.54) is 0 Å². The van der Waals surface area contributed by atoms with E-state index in [1.54, 1.807) is 0 Å². The first-order chi connectivity index (χ1) is 7.20. The minimum atomic E-state index is 0.0940. The Hall–Kier alpha value is -0.610. The molecule has 0 spiro atoms. The lowest BCUT2D eigenvalue weighted by atomic mass is 10.0. The average Bonchev–Trinajstić information content (AvgIpc) is 2.84. The molecule has 4 nitrogen and oxygen atoms in total. The third-order valence-electron chi connectivity index (χ3n) is 3.48. The maximum Gasteiger partial charge on any atom is 0.228 e. The van der Waals surface area contributed by atoms with Crippen LogP contribution in [0.2, 0.25) is 0 Å². The molecule has 0 aromatic carbocycles. The van der Waals surface area contributed by atoms with Crippen LogP contribution >= 0.6 is 0 Å². The number of carbonyl (C=O) groups excluding carboxylic acids is 1. The van der Waals surface area contributed by atoms with E-state index < -0.39 is 0 Å². The topological polar surface area (TPSA) is 55.6 Å². The van der Waals surface area contributed by atoms with Crippen molar-refractivity contribution in [1.82, 2.24) is 4.90 Å². The molecule has 2 aliphatic rings. The smallest absolute Gasteiger partial charge is 0.228 e. The maximum atomic E-state index is 12.1. The molecule has 2 N–H and O–H groups in total. The van der Waals surface area contributed by atoms with Crippen LogP contribution < -0.4 is 5.73 Å². The Morgan fingerprint density at radius 3 is 2.93 bits per heavy atom. The van der Waals surface area contributed by atoms with Crippen LogP contribution in [-0.4, -0.2) is 43.2 Å². The second-order valence-electron chi connectivity index (χ2n) is 4.75. The monoisotopic (exact) mass is 212 g/mol. The SMILES string of the molecule is CC1CC(C(=O)N2CCC(CN)C2)CO1. The summed E-state index contributed by atoms with van der Waals surface area (Å²) in [5, 5.41) is 0. The van der Waals surface area contributed by atoms with E-state index in [0.29, 0.717) is 19.1 Å². The predicted molar refractivity (Wildman–Crippen MR) is 57.3 cm³/mol. The van der Waals surface area contributed by atoms with Crippen LogP contribution in [-0.2, 0) is 9.53 Å². The Morgan fingerprint density at radius 2 is 2.40 bits per heavy atom. The van der Waals surface area contributed by atoms with Crippen molar-refractivity contribution >= 4 is 5.91 Å². The summed E-state index contributed by atoms with van der Waals surface area (Å²) in [6.45, 7) is 5.05. The summed E-state index contributed by atoms with van der Waals surface area (Å²) in [6.07, 6.45) is 2.18. The number of amides is 1. The largest absolute Gasteiger partial charge is 0.378 e. The van der Waals surface area contributed by atoms with Crippen molar-refractivity contribution in [2.24, 2.45) is 17.6 Å². The summed E-state index contributed by atoms with van der Waals surface area (Å²) >= 11 is 0. The van der Waals surface area contributed by atoms with Gasteiger partial charge in [-0.05, 0) is 32.2 Å². The molecular weight excluding hydrogens is 192 g/mol. The van der Waals surface area contributed by atoms with Gasteiger partial charge in [0.1, 0.15) is 0 Å². The van der Waals surface area contributed by atoms with E-state index in [-0.39, 0.29) is 17.9 Å². The molecule has 0 aromatic rings. The highest BCUT2D eigenvalue weighted by Gasteiger charge is 2.34. The second kappa shape index (κ2) is 4.49. The Kier molecular flexibility index (Phi) is 3.26. The summed E-state index contributed by atoms with van der Waals surface area (Å²) in [5.74, 6) is 0.875. The fourth-order valence-electron chi connectivity index (χ4n) is 2.47. The van der Waals surface area contributed by atoms with Crippen LogP contribution in [0.4, 0.5) is 0 Å². The zero-order chi connectivity index (χ0) is 10.8. The van der Waals surface area contributed by atoms with Crippen molar-refractivity contribution in [3.63, 3.8) is 0 Å². The molecule has 0 aliphatic carbocycles. The van der Waals surface area contributed by atoms with E-state index in [4.69, 9.17) is 10.5 Å².